The number of rotatable bonds is 5. The van der Waals surface area contributed by atoms with Gasteiger partial charge in [-0.15, -0.1) is 0 Å². The summed E-state index contributed by atoms with van der Waals surface area (Å²) in [4.78, 5) is 18.8. The molecule has 2 aromatic rings. The minimum Gasteiger partial charge on any atom is -0.348 e. The summed E-state index contributed by atoms with van der Waals surface area (Å²) >= 11 is 0. The van der Waals surface area contributed by atoms with Crippen molar-refractivity contribution in [3.05, 3.63) is 48.3 Å². The summed E-state index contributed by atoms with van der Waals surface area (Å²) in [6.45, 7) is 4.72. The summed E-state index contributed by atoms with van der Waals surface area (Å²) in [6, 6.07) is 11.2. The van der Waals surface area contributed by atoms with Crippen molar-refractivity contribution in [2.24, 2.45) is 5.92 Å². The molecule has 6 nitrogen and oxygen atoms in total. The lowest BCUT2D eigenvalue weighted by molar-refractivity contribution is -0.130. The molecule has 3 saturated heterocycles. The molecule has 0 saturated carbocycles. The molecule has 5 rings (SSSR count). The molecule has 0 aliphatic carbocycles. The van der Waals surface area contributed by atoms with Crippen LogP contribution in [0.1, 0.15) is 18.4 Å². The Kier molecular flexibility index (Phi) is 5.27. The van der Waals surface area contributed by atoms with Gasteiger partial charge in [0.15, 0.2) is 0 Å². The quantitative estimate of drug-likeness (QED) is 0.809. The van der Waals surface area contributed by atoms with Crippen molar-refractivity contribution in [2.45, 2.75) is 25.4 Å². The summed E-state index contributed by atoms with van der Waals surface area (Å²) in [5.41, 5.74) is 2.43. The first kappa shape index (κ1) is 18.2. The Labute approximate surface area is 161 Å². The maximum atomic E-state index is 12.1. The lowest BCUT2D eigenvalue weighted by Gasteiger charge is -2.36. The minimum atomic E-state index is 0.206. The fourth-order valence-corrected chi connectivity index (χ4v) is 4.34. The number of hydrogen-bond acceptors (Lipinski definition) is 4. The van der Waals surface area contributed by atoms with Crippen molar-refractivity contribution >= 4 is 5.91 Å². The van der Waals surface area contributed by atoms with Gasteiger partial charge >= 0.3 is 0 Å². The summed E-state index contributed by atoms with van der Waals surface area (Å²) in [6.07, 6.45) is 6.29. The second kappa shape index (κ2) is 7.82. The molecule has 3 aliphatic rings. The number of likely N-dealkylation sites (N-methyl/N-ethyl adjacent to an activating group) is 1. The van der Waals surface area contributed by atoms with Gasteiger partial charge in [0.05, 0.1) is 12.2 Å². The van der Waals surface area contributed by atoms with Crippen molar-refractivity contribution in [1.82, 2.24) is 24.5 Å². The van der Waals surface area contributed by atoms with Gasteiger partial charge in [-0.05, 0) is 42.5 Å². The predicted octanol–water partition coefficient (Wildman–Crippen LogP) is 1.86. The Morgan fingerprint density at radius 3 is 2.67 bits per heavy atom. The molecule has 27 heavy (non-hydrogen) atoms. The maximum Gasteiger partial charge on any atom is 0.236 e. The molecular weight excluding hydrogens is 338 g/mol. The fraction of sp³-hybridized carbons (Fsp3) is 0.524. The summed E-state index contributed by atoms with van der Waals surface area (Å²) in [5.74, 6) is 0.874. The first-order valence-corrected chi connectivity index (χ1v) is 9.84. The van der Waals surface area contributed by atoms with Gasteiger partial charge in [-0.2, -0.15) is 5.10 Å². The molecule has 3 fully saturated rings. The topological polar surface area (TPSA) is 44.6 Å². The largest absolute Gasteiger partial charge is 0.348 e. The third-order valence-corrected chi connectivity index (χ3v) is 5.85. The van der Waals surface area contributed by atoms with Crippen LogP contribution in [0.2, 0.25) is 0 Å². The van der Waals surface area contributed by atoms with Crippen molar-refractivity contribution in [3.8, 4) is 5.69 Å². The molecule has 3 aliphatic heterocycles. The van der Waals surface area contributed by atoms with E-state index in [0.717, 1.165) is 31.9 Å². The average molecular weight is 367 g/mol. The van der Waals surface area contributed by atoms with Gasteiger partial charge in [0.25, 0.3) is 0 Å². The first-order chi connectivity index (χ1) is 13.1. The molecule has 0 spiro atoms. The third-order valence-electron chi connectivity index (χ3n) is 5.85. The van der Waals surface area contributed by atoms with Crippen LogP contribution in [0.25, 0.3) is 5.69 Å². The Hall–Kier alpha value is -2.18. The number of aromatic nitrogens is 2. The van der Waals surface area contributed by atoms with Crippen molar-refractivity contribution in [2.75, 3.05) is 40.3 Å². The highest BCUT2D eigenvalue weighted by molar-refractivity contribution is 5.77. The second-order valence-corrected chi connectivity index (χ2v) is 8.13. The predicted molar refractivity (Wildman–Crippen MR) is 106 cm³/mol. The SMILES string of the molecule is CN(C)C(=O)CN1C[C@H]2CC[C@@H](C1)N(Cc1ccc(-n3cccn3)cc1)C2. The monoisotopic (exact) mass is 367 g/mol. The van der Waals surface area contributed by atoms with Crippen LogP contribution < -0.4 is 0 Å². The molecule has 0 N–H and O–H groups in total. The number of carbonyl (C=O) groups is 1. The Balaban J connectivity index is 1.40. The molecule has 1 aromatic carbocycles. The van der Waals surface area contributed by atoms with Crippen LogP contribution in [-0.4, -0.2) is 76.7 Å². The lowest BCUT2D eigenvalue weighted by Crippen LogP contribution is -2.44. The van der Waals surface area contributed by atoms with E-state index in [0.29, 0.717) is 18.5 Å². The van der Waals surface area contributed by atoms with E-state index in [9.17, 15) is 4.79 Å². The van der Waals surface area contributed by atoms with E-state index >= 15 is 0 Å². The van der Waals surface area contributed by atoms with E-state index in [1.807, 2.05) is 31.0 Å². The molecule has 144 valence electrons. The van der Waals surface area contributed by atoms with Gasteiger partial charge < -0.3 is 4.90 Å². The molecular formula is C21H29N5O. The van der Waals surface area contributed by atoms with Crippen molar-refractivity contribution < 1.29 is 4.79 Å². The van der Waals surface area contributed by atoms with E-state index in [1.54, 1.807) is 11.1 Å². The zero-order valence-corrected chi connectivity index (χ0v) is 16.3. The van der Waals surface area contributed by atoms with Gasteiger partial charge in [-0.1, -0.05) is 12.1 Å². The number of hydrogen-bond donors (Lipinski definition) is 0. The zero-order valence-electron chi connectivity index (χ0n) is 16.3. The van der Waals surface area contributed by atoms with Gasteiger partial charge in [0.2, 0.25) is 5.91 Å². The average Bonchev–Trinajstić information content (AvgIpc) is 3.06. The van der Waals surface area contributed by atoms with Crippen LogP contribution in [0.4, 0.5) is 0 Å². The van der Waals surface area contributed by atoms with E-state index in [-0.39, 0.29) is 5.91 Å². The summed E-state index contributed by atoms with van der Waals surface area (Å²) in [7, 11) is 3.68. The van der Waals surface area contributed by atoms with Crippen LogP contribution in [-0.2, 0) is 11.3 Å². The maximum absolute atomic E-state index is 12.1. The van der Waals surface area contributed by atoms with Gasteiger partial charge in [0.1, 0.15) is 0 Å². The third kappa shape index (κ3) is 4.22. The molecule has 0 radical (unpaired) electrons. The van der Waals surface area contributed by atoms with Crippen LogP contribution in [0.5, 0.6) is 0 Å². The molecule has 6 heteroatoms. The molecule has 4 heterocycles. The highest BCUT2D eigenvalue weighted by Crippen LogP contribution is 2.29. The number of benzene rings is 1. The second-order valence-electron chi connectivity index (χ2n) is 8.13. The van der Waals surface area contributed by atoms with Gasteiger partial charge in [-0.3, -0.25) is 14.6 Å². The minimum absolute atomic E-state index is 0.206. The number of piperidine rings is 1. The summed E-state index contributed by atoms with van der Waals surface area (Å²) in [5, 5.41) is 4.29. The highest BCUT2D eigenvalue weighted by Gasteiger charge is 2.35. The van der Waals surface area contributed by atoms with E-state index < -0.39 is 0 Å². The first-order valence-electron chi connectivity index (χ1n) is 9.84. The van der Waals surface area contributed by atoms with Crippen molar-refractivity contribution in [3.63, 3.8) is 0 Å². The van der Waals surface area contributed by atoms with Crippen LogP contribution in [0, 0.1) is 5.92 Å². The van der Waals surface area contributed by atoms with Crippen LogP contribution in [0.3, 0.4) is 0 Å². The van der Waals surface area contributed by atoms with Gasteiger partial charge in [-0.25, -0.2) is 4.68 Å². The van der Waals surface area contributed by atoms with E-state index in [1.165, 1.54) is 18.4 Å². The number of nitrogens with zero attached hydrogens (tertiary/aromatic N) is 5. The van der Waals surface area contributed by atoms with Crippen LogP contribution in [0.15, 0.2) is 42.7 Å². The normalized spacial score (nSPS) is 23.3. The summed E-state index contributed by atoms with van der Waals surface area (Å²) < 4.78 is 1.89. The Bertz CT molecular complexity index is 755. The van der Waals surface area contributed by atoms with Crippen LogP contribution >= 0.6 is 0 Å². The molecule has 1 aromatic heterocycles. The lowest BCUT2D eigenvalue weighted by atomic mass is 9.94. The zero-order chi connectivity index (χ0) is 18.8. The molecule has 0 unspecified atom stereocenters. The van der Waals surface area contributed by atoms with Gasteiger partial charge in [0, 0.05) is 58.7 Å². The Morgan fingerprint density at radius 1 is 1.15 bits per heavy atom. The smallest absolute Gasteiger partial charge is 0.236 e. The highest BCUT2D eigenvalue weighted by atomic mass is 16.2. The molecule has 2 atom stereocenters. The van der Waals surface area contributed by atoms with E-state index in [4.69, 9.17) is 0 Å². The van der Waals surface area contributed by atoms with Crippen molar-refractivity contribution in [1.29, 1.82) is 0 Å². The fourth-order valence-electron chi connectivity index (χ4n) is 4.34. The number of fused-ring (bicyclic) bond motifs is 4. The molecule has 2 bridgehead atoms. The Morgan fingerprint density at radius 2 is 1.96 bits per heavy atom. The number of amides is 1. The molecule has 1 amide bonds. The number of carbonyl (C=O) groups excluding carboxylic acids is 1. The standard InChI is InChI=1S/C21H29N5O/c1-23(2)21(27)16-24-12-18-6-9-20(15-24)25(14-18)13-17-4-7-19(8-5-17)26-11-3-10-22-26/h3-5,7-8,10-11,18,20H,6,9,12-16H2,1-2H3/t18-,20+/m1/s1. The van der Waals surface area contributed by atoms with E-state index in [2.05, 4.69) is 39.2 Å².